The summed E-state index contributed by atoms with van der Waals surface area (Å²) in [6.45, 7) is 10.8. The van der Waals surface area contributed by atoms with Gasteiger partial charge >= 0.3 is 0 Å². The van der Waals surface area contributed by atoms with Crippen molar-refractivity contribution >= 4 is 18.2 Å². The van der Waals surface area contributed by atoms with Gasteiger partial charge in [-0.25, -0.2) is 0 Å². The van der Waals surface area contributed by atoms with Crippen molar-refractivity contribution in [3.63, 3.8) is 0 Å². The standard InChI is InChI=1S/C10H19NOS/c1-9(2,3)8-11(7-12)10(4,5)6-13-8/h7-8H,6H2,1-5H3. The van der Waals surface area contributed by atoms with Crippen molar-refractivity contribution in [1.29, 1.82) is 0 Å². The summed E-state index contributed by atoms with van der Waals surface area (Å²) in [6.07, 6.45) is 0.996. The minimum Gasteiger partial charge on any atom is -0.327 e. The summed E-state index contributed by atoms with van der Waals surface area (Å²) >= 11 is 1.88. The Morgan fingerprint density at radius 3 is 2.31 bits per heavy atom. The molecule has 1 atom stereocenters. The number of carbonyl (C=O) groups is 1. The van der Waals surface area contributed by atoms with Gasteiger partial charge in [-0.3, -0.25) is 4.79 Å². The number of amides is 1. The summed E-state index contributed by atoms with van der Waals surface area (Å²) in [4.78, 5) is 12.9. The Hall–Kier alpha value is -0.180. The van der Waals surface area contributed by atoms with Crippen LogP contribution in [0.4, 0.5) is 0 Å². The maximum absolute atomic E-state index is 11.0. The smallest absolute Gasteiger partial charge is 0.211 e. The van der Waals surface area contributed by atoms with Crippen molar-refractivity contribution in [1.82, 2.24) is 4.90 Å². The highest BCUT2D eigenvalue weighted by atomic mass is 32.2. The van der Waals surface area contributed by atoms with Crippen molar-refractivity contribution in [2.24, 2.45) is 5.41 Å². The average molecular weight is 201 g/mol. The molecule has 1 saturated heterocycles. The van der Waals surface area contributed by atoms with Gasteiger partial charge in [-0.1, -0.05) is 20.8 Å². The van der Waals surface area contributed by atoms with E-state index in [2.05, 4.69) is 34.6 Å². The molecule has 1 fully saturated rings. The first-order valence-corrected chi connectivity index (χ1v) is 5.69. The lowest BCUT2D eigenvalue weighted by Gasteiger charge is -2.37. The Balaban J connectivity index is 2.87. The minimum atomic E-state index is 0.0182. The van der Waals surface area contributed by atoms with E-state index >= 15 is 0 Å². The summed E-state index contributed by atoms with van der Waals surface area (Å²) in [5.74, 6) is 1.04. The van der Waals surface area contributed by atoms with Crippen LogP contribution >= 0.6 is 11.8 Å². The predicted molar refractivity (Wildman–Crippen MR) is 57.7 cm³/mol. The van der Waals surface area contributed by atoms with Crippen molar-refractivity contribution in [3.05, 3.63) is 0 Å². The number of thioether (sulfide) groups is 1. The molecule has 3 heteroatoms. The Morgan fingerprint density at radius 2 is 2.00 bits per heavy atom. The van der Waals surface area contributed by atoms with Crippen LogP contribution in [-0.4, -0.2) is 28.0 Å². The number of nitrogens with zero attached hydrogens (tertiary/aromatic N) is 1. The van der Waals surface area contributed by atoms with E-state index in [0.29, 0.717) is 5.37 Å². The van der Waals surface area contributed by atoms with E-state index in [1.807, 2.05) is 16.7 Å². The largest absolute Gasteiger partial charge is 0.327 e. The molecule has 76 valence electrons. The Kier molecular flexibility index (Phi) is 2.68. The van der Waals surface area contributed by atoms with Gasteiger partial charge in [0.05, 0.1) is 5.37 Å². The monoisotopic (exact) mass is 201 g/mol. The lowest BCUT2D eigenvalue weighted by Crippen LogP contribution is -2.47. The van der Waals surface area contributed by atoms with Crippen LogP contribution in [0.5, 0.6) is 0 Å². The van der Waals surface area contributed by atoms with Crippen LogP contribution in [0.3, 0.4) is 0 Å². The second kappa shape index (κ2) is 3.19. The molecule has 1 unspecified atom stereocenters. The molecular weight excluding hydrogens is 182 g/mol. The highest BCUT2D eigenvalue weighted by Gasteiger charge is 2.44. The molecule has 2 nitrogen and oxygen atoms in total. The molecule has 0 aromatic rings. The van der Waals surface area contributed by atoms with Crippen molar-refractivity contribution in [2.75, 3.05) is 5.75 Å². The van der Waals surface area contributed by atoms with Crippen LogP contribution in [0.15, 0.2) is 0 Å². The molecule has 1 heterocycles. The fourth-order valence-corrected chi connectivity index (χ4v) is 3.33. The fraction of sp³-hybridized carbons (Fsp3) is 0.900. The van der Waals surface area contributed by atoms with Crippen molar-refractivity contribution in [2.45, 2.75) is 45.5 Å². The highest BCUT2D eigenvalue weighted by Crippen LogP contribution is 2.43. The summed E-state index contributed by atoms with van der Waals surface area (Å²) in [5.41, 5.74) is 0.184. The molecule has 1 aliphatic rings. The van der Waals surface area contributed by atoms with Crippen LogP contribution in [-0.2, 0) is 4.79 Å². The first-order valence-electron chi connectivity index (χ1n) is 4.64. The lowest BCUT2D eigenvalue weighted by atomic mass is 9.93. The third-order valence-electron chi connectivity index (χ3n) is 2.40. The van der Waals surface area contributed by atoms with E-state index in [1.165, 1.54) is 0 Å². The third kappa shape index (κ3) is 2.01. The van der Waals surface area contributed by atoms with Crippen LogP contribution in [0.1, 0.15) is 34.6 Å². The van der Waals surface area contributed by atoms with Gasteiger partial charge in [0.1, 0.15) is 0 Å². The second-order valence-corrected chi connectivity index (χ2v) is 6.42. The van der Waals surface area contributed by atoms with Gasteiger partial charge in [0.15, 0.2) is 0 Å². The molecule has 0 N–H and O–H groups in total. The molecular formula is C10H19NOS. The minimum absolute atomic E-state index is 0.0182. The number of carbonyl (C=O) groups excluding carboxylic acids is 1. The zero-order valence-electron chi connectivity index (χ0n) is 9.13. The first-order chi connectivity index (χ1) is 5.79. The maximum atomic E-state index is 11.0. The zero-order valence-corrected chi connectivity index (χ0v) is 9.94. The van der Waals surface area contributed by atoms with Gasteiger partial charge in [-0.05, 0) is 19.3 Å². The predicted octanol–water partition coefficient (Wildman–Crippen LogP) is 2.34. The SMILES string of the molecule is CC(C)(C)C1SCC(C)(C)N1C=O. The maximum Gasteiger partial charge on any atom is 0.211 e. The molecule has 0 spiro atoms. The second-order valence-electron chi connectivity index (χ2n) is 5.35. The molecule has 0 aliphatic carbocycles. The van der Waals surface area contributed by atoms with E-state index in [4.69, 9.17) is 0 Å². The summed E-state index contributed by atoms with van der Waals surface area (Å²) < 4.78 is 0. The van der Waals surface area contributed by atoms with Gasteiger partial charge < -0.3 is 4.90 Å². The Bertz CT molecular complexity index is 207. The summed E-state index contributed by atoms with van der Waals surface area (Å²) in [7, 11) is 0. The molecule has 0 aromatic heterocycles. The zero-order chi connectivity index (χ0) is 10.3. The Morgan fingerprint density at radius 1 is 1.46 bits per heavy atom. The van der Waals surface area contributed by atoms with Gasteiger partial charge in [0.25, 0.3) is 0 Å². The number of hydrogen-bond acceptors (Lipinski definition) is 2. The molecule has 1 aliphatic heterocycles. The molecule has 0 bridgehead atoms. The molecule has 0 aromatic carbocycles. The van der Waals surface area contributed by atoms with E-state index in [9.17, 15) is 4.79 Å². The number of hydrogen-bond donors (Lipinski definition) is 0. The van der Waals surface area contributed by atoms with E-state index in [-0.39, 0.29) is 11.0 Å². The van der Waals surface area contributed by atoms with Crippen LogP contribution in [0.25, 0.3) is 0 Å². The lowest BCUT2D eigenvalue weighted by molar-refractivity contribution is -0.124. The molecule has 1 rings (SSSR count). The van der Waals surface area contributed by atoms with Gasteiger partial charge in [0.2, 0.25) is 6.41 Å². The van der Waals surface area contributed by atoms with Gasteiger partial charge in [-0.15, -0.1) is 11.8 Å². The normalized spacial score (nSPS) is 27.8. The quantitative estimate of drug-likeness (QED) is 0.607. The van der Waals surface area contributed by atoms with E-state index < -0.39 is 0 Å². The van der Waals surface area contributed by atoms with Crippen LogP contribution in [0.2, 0.25) is 0 Å². The molecule has 0 radical (unpaired) electrons. The van der Waals surface area contributed by atoms with Gasteiger partial charge in [0, 0.05) is 11.3 Å². The van der Waals surface area contributed by atoms with Crippen LogP contribution in [0, 0.1) is 5.41 Å². The Labute approximate surface area is 85.1 Å². The summed E-state index contributed by atoms with van der Waals surface area (Å²) in [6, 6.07) is 0. The first kappa shape index (κ1) is 10.9. The van der Waals surface area contributed by atoms with Crippen LogP contribution < -0.4 is 0 Å². The highest BCUT2D eigenvalue weighted by molar-refractivity contribution is 8.00. The van der Waals surface area contributed by atoms with Crippen molar-refractivity contribution < 1.29 is 4.79 Å². The molecule has 13 heavy (non-hydrogen) atoms. The summed E-state index contributed by atoms with van der Waals surface area (Å²) in [5, 5.41) is 0.319. The third-order valence-corrected chi connectivity index (χ3v) is 4.52. The van der Waals surface area contributed by atoms with E-state index in [0.717, 1.165) is 12.2 Å². The molecule has 1 amide bonds. The average Bonchev–Trinajstić information content (AvgIpc) is 2.23. The topological polar surface area (TPSA) is 20.3 Å². The molecule has 0 saturated carbocycles. The number of rotatable bonds is 1. The van der Waals surface area contributed by atoms with E-state index in [1.54, 1.807) is 0 Å². The van der Waals surface area contributed by atoms with Crippen molar-refractivity contribution in [3.8, 4) is 0 Å². The van der Waals surface area contributed by atoms with Gasteiger partial charge in [-0.2, -0.15) is 0 Å². The fourth-order valence-electron chi connectivity index (χ4n) is 1.62.